The SMILES string of the molecule is CCn1c(=O)c(CCC(=O)N2CCCCCC2)nc2c(C)nn(-c3ccccc3)c21. The Hall–Kier alpha value is -2.96. The van der Waals surface area contributed by atoms with Crippen molar-refractivity contribution >= 4 is 17.1 Å². The van der Waals surface area contributed by atoms with E-state index in [1.165, 1.54) is 12.8 Å². The van der Waals surface area contributed by atoms with Gasteiger partial charge >= 0.3 is 0 Å². The molecule has 4 rings (SSSR count). The van der Waals surface area contributed by atoms with E-state index in [1.54, 1.807) is 9.25 Å². The van der Waals surface area contributed by atoms with Crippen molar-refractivity contribution in [2.24, 2.45) is 0 Å². The van der Waals surface area contributed by atoms with Crippen LogP contribution >= 0.6 is 0 Å². The van der Waals surface area contributed by atoms with Gasteiger partial charge in [0.2, 0.25) is 5.91 Å². The molecule has 0 saturated carbocycles. The first-order chi connectivity index (χ1) is 14.6. The lowest BCUT2D eigenvalue weighted by molar-refractivity contribution is -0.131. The van der Waals surface area contributed by atoms with Gasteiger partial charge in [-0.1, -0.05) is 31.0 Å². The first-order valence-electron chi connectivity index (χ1n) is 10.9. The summed E-state index contributed by atoms with van der Waals surface area (Å²) in [6, 6.07) is 9.77. The first kappa shape index (κ1) is 20.3. The molecule has 0 aliphatic carbocycles. The lowest BCUT2D eigenvalue weighted by atomic mass is 10.2. The van der Waals surface area contributed by atoms with Crippen molar-refractivity contribution in [3.8, 4) is 5.69 Å². The maximum atomic E-state index is 13.2. The van der Waals surface area contributed by atoms with E-state index >= 15 is 0 Å². The summed E-state index contributed by atoms with van der Waals surface area (Å²) in [7, 11) is 0. The van der Waals surface area contributed by atoms with Crippen molar-refractivity contribution in [3.05, 3.63) is 52.1 Å². The highest BCUT2D eigenvalue weighted by Gasteiger charge is 2.20. The second-order valence-corrected chi connectivity index (χ2v) is 7.91. The second kappa shape index (κ2) is 8.81. The summed E-state index contributed by atoms with van der Waals surface area (Å²) in [5.74, 6) is 0.123. The summed E-state index contributed by atoms with van der Waals surface area (Å²) in [5.41, 5.74) is 3.40. The molecule has 1 amide bonds. The molecule has 158 valence electrons. The molecule has 0 spiro atoms. The van der Waals surface area contributed by atoms with Crippen molar-refractivity contribution in [1.29, 1.82) is 0 Å². The van der Waals surface area contributed by atoms with E-state index in [-0.39, 0.29) is 11.5 Å². The minimum Gasteiger partial charge on any atom is -0.343 e. The molecule has 3 heterocycles. The predicted octanol–water partition coefficient (Wildman–Crippen LogP) is 3.25. The average molecular weight is 408 g/mol. The van der Waals surface area contributed by atoms with Crippen LogP contribution in [-0.2, 0) is 17.8 Å². The maximum Gasteiger partial charge on any atom is 0.273 e. The number of carbonyl (C=O) groups is 1. The van der Waals surface area contributed by atoms with Crippen LogP contribution < -0.4 is 5.56 Å². The monoisotopic (exact) mass is 407 g/mol. The van der Waals surface area contributed by atoms with E-state index in [2.05, 4.69) is 10.1 Å². The summed E-state index contributed by atoms with van der Waals surface area (Å²) in [4.78, 5) is 32.5. The lowest BCUT2D eigenvalue weighted by Crippen LogP contribution is -2.33. The van der Waals surface area contributed by atoms with Gasteiger partial charge in [-0.05, 0) is 38.8 Å². The van der Waals surface area contributed by atoms with E-state index in [4.69, 9.17) is 0 Å². The summed E-state index contributed by atoms with van der Waals surface area (Å²) in [6.07, 6.45) is 5.19. The molecule has 1 fully saturated rings. The minimum atomic E-state index is -0.134. The number of benzene rings is 1. The van der Waals surface area contributed by atoms with Crippen LogP contribution in [0.25, 0.3) is 16.9 Å². The van der Waals surface area contributed by atoms with Gasteiger partial charge in [0, 0.05) is 32.5 Å². The maximum absolute atomic E-state index is 13.2. The standard InChI is InChI=1S/C23H29N5O2/c1-3-27-22-21(17(2)25-28(22)18-11-7-6-8-12-18)24-19(23(27)30)13-14-20(29)26-15-9-4-5-10-16-26/h6-8,11-12H,3-5,9-10,13-16H2,1-2H3. The van der Waals surface area contributed by atoms with E-state index in [0.717, 1.165) is 42.8 Å². The molecule has 7 heteroatoms. The Morgan fingerprint density at radius 3 is 2.43 bits per heavy atom. The molecule has 3 aromatic rings. The number of fused-ring (bicyclic) bond motifs is 1. The fourth-order valence-electron chi connectivity index (χ4n) is 4.22. The Morgan fingerprint density at radius 1 is 1.07 bits per heavy atom. The zero-order valence-electron chi connectivity index (χ0n) is 17.8. The van der Waals surface area contributed by atoms with Crippen LogP contribution in [0.15, 0.2) is 35.1 Å². The number of aryl methyl sites for hydroxylation is 3. The van der Waals surface area contributed by atoms with Gasteiger partial charge in [-0.3, -0.25) is 14.2 Å². The first-order valence-corrected chi connectivity index (χ1v) is 10.9. The highest BCUT2D eigenvalue weighted by molar-refractivity contribution is 5.77. The van der Waals surface area contributed by atoms with Crippen LogP contribution in [0.4, 0.5) is 0 Å². The number of para-hydroxylation sites is 1. The third-order valence-corrected chi connectivity index (χ3v) is 5.85. The fraction of sp³-hybridized carbons (Fsp3) is 0.478. The Balaban J connectivity index is 1.67. The third kappa shape index (κ3) is 3.88. The Morgan fingerprint density at radius 2 is 1.77 bits per heavy atom. The van der Waals surface area contributed by atoms with Gasteiger partial charge in [-0.15, -0.1) is 0 Å². The number of rotatable bonds is 5. The summed E-state index contributed by atoms with van der Waals surface area (Å²) in [6.45, 7) is 6.03. The largest absolute Gasteiger partial charge is 0.343 e. The average Bonchev–Trinajstić information content (AvgIpc) is 2.94. The summed E-state index contributed by atoms with van der Waals surface area (Å²) < 4.78 is 3.51. The number of aromatic nitrogens is 4. The third-order valence-electron chi connectivity index (χ3n) is 5.85. The van der Waals surface area contributed by atoms with Gasteiger partial charge < -0.3 is 4.90 Å². The topological polar surface area (TPSA) is 73.0 Å². The second-order valence-electron chi connectivity index (χ2n) is 7.91. The molecule has 0 atom stereocenters. The lowest BCUT2D eigenvalue weighted by Gasteiger charge is -2.20. The molecule has 1 saturated heterocycles. The molecular weight excluding hydrogens is 378 g/mol. The summed E-state index contributed by atoms with van der Waals surface area (Å²) in [5, 5.41) is 4.65. The van der Waals surface area contributed by atoms with Crippen LogP contribution in [0, 0.1) is 6.92 Å². The highest BCUT2D eigenvalue weighted by Crippen LogP contribution is 2.20. The Kier molecular flexibility index (Phi) is 5.97. The molecule has 2 aromatic heterocycles. The molecule has 0 radical (unpaired) electrons. The van der Waals surface area contributed by atoms with Crippen molar-refractivity contribution < 1.29 is 4.79 Å². The van der Waals surface area contributed by atoms with Crippen LogP contribution in [0.2, 0.25) is 0 Å². The molecule has 0 unspecified atom stereocenters. The molecule has 1 aliphatic heterocycles. The molecule has 1 aromatic carbocycles. The van der Waals surface area contributed by atoms with Crippen LogP contribution in [0.3, 0.4) is 0 Å². The molecule has 1 aliphatic rings. The van der Waals surface area contributed by atoms with Gasteiger partial charge in [-0.25, -0.2) is 9.67 Å². The zero-order valence-corrected chi connectivity index (χ0v) is 17.8. The van der Waals surface area contributed by atoms with E-state index in [1.807, 2.05) is 49.1 Å². The van der Waals surface area contributed by atoms with Crippen molar-refractivity contribution in [2.75, 3.05) is 13.1 Å². The van der Waals surface area contributed by atoms with E-state index < -0.39 is 0 Å². The van der Waals surface area contributed by atoms with Gasteiger partial charge in [-0.2, -0.15) is 5.10 Å². The zero-order chi connectivity index (χ0) is 21.1. The van der Waals surface area contributed by atoms with Crippen molar-refractivity contribution in [1.82, 2.24) is 24.2 Å². The number of amides is 1. The molecule has 0 bridgehead atoms. The highest BCUT2D eigenvalue weighted by atomic mass is 16.2. The Labute approximate surface area is 176 Å². The quantitative estimate of drug-likeness (QED) is 0.651. The summed E-state index contributed by atoms with van der Waals surface area (Å²) >= 11 is 0. The number of hydrogen-bond acceptors (Lipinski definition) is 4. The normalized spacial score (nSPS) is 14.8. The van der Waals surface area contributed by atoms with Gasteiger partial charge in [0.25, 0.3) is 5.56 Å². The molecule has 7 nitrogen and oxygen atoms in total. The minimum absolute atomic E-state index is 0.123. The smallest absolute Gasteiger partial charge is 0.273 e. The molecular formula is C23H29N5O2. The van der Waals surface area contributed by atoms with Crippen molar-refractivity contribution in [2.45, 2.75) is 58.9 Å². The van der Waals surface area contributed by atoms with E-state index in [9.17, 15) is 9.59 Å². The van der Waals surface area contributed by atoms with Gasteiger partial charge in [0.15, 0.2) is 5.65 Å². The number of carbonyl (C=O) groups excluding carboxylic acids is 1. The molecule has 30 heavy (non-hydrogen) atoms. The molecule has 0 N–H and O–H groups in total. The van der Waals surface area contributed by atoms with Gasteiger partial charge in [0.05, 0.1) is 11.4 Å². The van der Waals surface area contributed by atoms with Crippen LogP contribution in [0.5, 0.6) is 0 Å². The Bertz CT molecular complexity index is 1090. The number of nitrogens with zero attached hydrogens (tertiary/aromatic N) is 5. The van der Waals surface area contributed by atoms with Crippen LogP contribution in [0.1, 0.15) is 50.4 Å². The van der Waals surface area contributed by atoms with E-state index in [0.29, 0.717) is 30.7 Å². The van der Waals surface area contributed by atoms with Crippen molar-refractivity contribution in [3.63, 3.8) is 0 Å². The number of hydrogen-bond donors (Lipinski definition) is 0. The number of likely N-dealkylation sites (tertiary alicyclic amines) is 1. The fourth-order valence-corrected chi connectivity index (χ4v) is 4.22. The van der Waals surface area contributed by atoms with Crippen LogP contribution in [-0.4, -0.2) is 43.2 Å². The predicted molar refractivity (Wildman–Crippen MR) is 117 cm³/mol. The van der Waals surface area contributed by atoms with Gasteiger partial charge in [0.1, 0.15) is 11.2 Å².